The minimum Gasteiger partial charge on any atom is -0.344 e. The molecule has 0 bridgehead atoms. The Labute approximate surface area is 117 Å². The van der Waals surface area contributed by atoms with Gasteiger partial charge in [0.05, 0.1) is 0 Å². The van der Waals surface area contributed by atoms with Crippen LogP contribution in [0.5, 0.6) is 0 Å². The van der Waals surface area contributed by atoms with Crippen molar-refractivity contribution in [3.63, 3.8) is 0 Å². The van der Waals surface area contributed by atoms with Gasteiger partial charge in [0.15, 0.2) is 0 Å². The lowest BCUT2D eigenvalue weighted by Gasteiger charge is -2.25. The van der Waals surface area contributed by atoms with Crippen LogP contribution >= 0.6 is 0 Å². The third-order valence-electron chi connectivity index (χ3n) is 2.98. The topological polar surface area (TPSA) is 104 Å². The van der Waals surface area contributed by atoms with Crippen LogP contribution in [0.2, 0.25) is 0 Å². The molecule has 1 aliphatic rings. The van der Waals surface area contributed by atoms with Crippen LogP contribution in [0.3, 0.4) is 0 Å². The van der Waals surface area contributed by atoms with Crippen molar-refractivity contribution in [3.05, 3.63) is 0 Å². The Bertz CT molecular complexity index is 439. The molecule has 0 aromatic carbocycles. The van der Waals surface area contributed by atoms with Gasteiger partial charge in [-0.1, -0.05) is 20.8 Å². The highest BCUT2D eigenvalue weighted by molar-refractivity contribution is 6.02. The molecule has 7 nitrogen and oxygen atoms in total. The zero-order valence-electron chi connectivity index (χ0n) is 12.2. The summed E-state index contributed by atoms with van der Waals surface area (Å²) in [6, 6.07) is -1.47. The summed E-state index contributed by atoms with van der Waals surface area (Å²) < 4.78 is 0. The molecule has 0 radical (unpaired) electrons. The Kier molecular flexibility index (Phi) is 4.86. The number of rotatable bonds is 3. The lowest BCUT2D eigenvalue weighted by molar-refractivity contribution is -0.138. The number of carbonyl (C=O) groups excluding carboxylic acids is 4. The molecule has 1 saturated heterocycles. The van der Waals surface area contributed by atoms with Crippen molar-refractivity contribution in [2.45, 2.75) is 52.6 Å². The third-order valence-corrected chi connectivity index (χ3v) is 2.98. The first-order valence-electron chi connectivity index (χ1n) is 6.56. The molecule has 112 valence electrons. The Morgan fingerprint density at radius 2 is 1.90 bits per heavy atom. The first-order chi connectivity index (χ1) is 9.11. The van der Waals surface area contributed by atoms with Crippen LogP contribution in [0.1, 0.15) is 40.5 Å². The number of amides is 4. The summed E-state index contributed by atoms with van der Waals surface area (Å²) in [6.45, 7) is 6.78. The molecule has 3 N–H and O–H groups in total. The van der Waals surface area contributed by atoms with Gasteiger partial charge in [0.25, 0.3) is 0 Å². The maximum atomic E-state index is 11.9. The molecule has 7 heteroatoms. The summed E-state index contributed by atoms with van der Waals surface area (Å²) in [5.41, 5.74) is -0.594. The lowest BCUT2D eigenvalue weighted by atomic mass is 9.95. The van der Waals surface area contributed by atoms with Crippen LogP contribution in [0.25, 0.3) is 0 Å². The van der Waals surface area contributed by atoms with Gasteiger partial charge in [-0.2, -0.15) is 0 Å². The van der Waals surface area contributed by atoms with E-state index in [2.05, 4.69) is 16.0 Å². The third kappa shape index (κ3) is 4.32. The average molecular weight is 283 g/mol. The molecule has 4 amide bonds. The molecule has 1 fully saturated rings. The molecule has 0 spiro atoms. The second kappa shape index (κ2) is 6.02. The van der Waals surface area contributed by atoms with Crippen LogP contribution in [0.15, 0.2) is 0 Å². The fraction of sp³-hybridized carbons (Fsp3) is 0.692. The number of imide groups is 1. The van der Waals surface area contributed by atoms with E-state index in [9.17, 15) is 19.2 Å². The maximum Gasteiger partial charge on any atom is 0.249 e. The van der Waals surface area contributed by atoms with Gasteiger partial charge in [0.2, 0.25) is 23.6 Å². The fourth-order valence-corrected chi connectivity index (χ4v) is 1.61. The first kappa shape index (κ1) is 16.1. The molecule has 2 unspecified atom stereocenters. The predicted molar refractivity (Wildman–Crippen MR) is 71.4 cm³/mol. The van der Waals surface area contributed by atoms with Gasteiger partial charge in [0.1, 0.15) is 12.1 Å². The van der Waals surface area contributed by atoms with Gasteiger partial charge < -0.3 is 10.6 Å². The standard InChI is InChI=1S/C13H21N3O4/c1-7(14-12(20)13(2,3)4)10(18)15-8-5-6-9(17)16-11(8)19/h7-8H,5-6H2,1-4H3,(H,14,20)(H,15,18)(H,16,17,19). The van der Waals surface area contributed by atoms with Crippen LogP contribution in [-0.4, -0.2) is 35.7 Å². The minimum atomic E-state index is -0.743. The van der Waals surface area contributed by atoms with Crippen LogP contribution < -0.4 is 16.0 Å². The van der Waals surface area contributed by atoms with E-state index in [-0.39, 0.29) is 24.7 Å². The number of carbonyl (C=O) groups is 4. The second-order valence-corrected chi connectivity index (χ2v) is 5.96. The van der Waals surface area contributed by atoms with Crippen molar-refractivity contribution in [1.29, 1.82) is 0 Å². The Morgan fingerprint density at radius 1 is 1.30 bits per heavy atom. The van der Waals surface area contributed by atoms with Crippen molar-refractivity contribution in [1.82, 2.24) is 16.0 Å². The largest absolute Gasteiger partial charge is 0.344 e. The molecule has 0 saturated carbocycles. The zero-order valence-corrected chi connectivity index (χ0v) is 12.2. The average Bonchev–Trinajstić information content (AvgIpc) is 2.31. The maximum absolute atomic E-state index is 11.9. The first-order valence-corrected chi connectivity index (χ1v) is 6.56. The predicted octanol–water partition coefficient (Wildman–Crippen LogP) is -0.541. The molecule has 1 heterocycles. The summed E-state index contributed by atoms with van der Waals surface area (Å²) >= 11 is 0. The SMILES string of the molecule is CC(NC(=O)C(C)(C)C)C(=O)NC1CCC(=O)NC1=O. The van der Waals surface area contributed by atoms with E-state index in [1.807, 2.05) is 0 Å². The molecule has 0 aromatic rings. The van der Waals surface area contributed by atoms with E-state index in [0.717, 1.165) is 0 Å². The van der Waals surface area contributed by atoms with E-state index in [4.69, 9.17) is 0 Å². The fourth-order valence-electron chi connectivity index (χ4n) is 1.61. The van der Waals surface area contributed by atoms with Gasteiger partial charge in [-0.3, -0.25) is 24.5 Å². The lowest BCUT2D eigenvalue weighted by Crippen LogP contribution is -2.56. The van der Waals surface area contributed by atoms with E-state index >= 15 is 0 Å². The van der Waals surface area contributed by atoms with E-state index in [0.29, 0.717) is 0 Å². The van der Waals surface area contributed by atoms with Gasteiger partial charge in [-0.25, -0.2) is 0 Å². The van der Waals surface area contributed by atoms with Crippen LogP contribution in [0.4, 0.5) is 0 Å². The van der Waals surface area contributed by atoms with Gasteiger partial charge in [0, 0.05) is 11.8 Å². The quantitative estimate of drug-likeness (QED) is 0.605. The van der Waals surface area contributed by atoms with Crippen molar-refractivity contribution in [3.8, 4) is 0 Å². The second-order valence-electron chi connectivity index (χ2n) is 5.96. The normalized spacial score (nSPS) is 20.9. The summed E-state index contributed by atoms with van der Waals surface area (Å²) in [4.78, 5) is 46.2. The van der Waals surface area contributed by atoms with E-state index in [1.54, 1.807) is 27.7 Å². The molecule has 2 atom stereocenters. The molecule has 0 aliphatic carbocycles. The zero-order chi connectivity index (χ0) is 15.5. The van der Waals surface area contributed by atoms with Crippen LogP contribution in [-0.2, 0) is 19.2 Å². The Morgan fingerprint density at radius 3 is 2.40 bits per heavy atom. The Hall–Kier alpha value is -1.92. The smallest absolute Gasteiger partial charge is 0.249 e. The number of hydrogen-bond donors (Lipinski definition) is 3. The van der Waals surface area contributed by atoms with Crippen molar-refractivity contribution < 1.29 is 19.2 Å². The highest BCUT2D eigenvalue weighted by Crippen LogP contribution is 2.13. The van der Waals surface area contributed by atoms with E-state index < -0.39 is 29.3 Å². The number of nitrogens with one attached hydrogen (secondary N) is 3. The molecular formula is C13H21N3O4. The summed E-state index contributed by atoms with van der Waals surface area (Å²) in [7, 11) is 0. The van der Waals surface area contributed by atoms with Crippen LogP contribution in [0, 0.1) is 5.41 Å². The minimum absolute atomic E-state index is 0.194. The highest BCUT2D eigenvalue weighted by Gasteiger charge is 2.30. The monoisotopic (exact) mass is 283 g/mol. The van der Waals surface area contributed by atoms with Crippen molar-refractivity contribution in [2.75, 3.05) is 0 Å². The van der Waals surface area contributed by atoms with Crippen molar-refractivity contribution >= 4 is 23.6 Å². The summed E-state index contributed by atoms with van der Waals surface area (Å²) in [6.07, 6.45) is 0.468. The number of hydrogen-bond acceptors (Lipinski definition) is 4. The molecular weight excluding hydrogens is 262 g/mol. The molecule has 1 rings (SSSR count). The Balaban J connectivity index is 2.52. The molecule has 0 aromatic heterocycles. The summed E-state index contributed by atoms with van der Waals surface area (Å²) in [5.74, 6) is -1.54. The molecule has 20 heavy (non-hydrogen) atoms. The number of piperidine rings is 1. The van der Waals surface area contributed by atoms with Gasteiger partial charge >= 0.3 is 0 Å². The van der Waals surface area contributed by atoms with Gasteiger partial charge in [-0.05, 0) is 13.3 Å². The molecule has 1 aliphatic heterocycles. The van der Waals surface area contributed by atoms with E-state index in [1.165, 1.54) is 0 Å². The van der Waals surface area contributed by atoms with Gasteiger partial charge in [-0.15, -0.1) is 0 Å². The highest BCUT2D eigenvalue weighted by atomic mass is 16.2. The van der Waals surface area contributed by atoms with Crippen molar-refractivity contribution in [2.24, 2.45) is 5.41 Å². The summed E-state index contributed by atoms with van der Waals surface area (Å²) in [5, 5.41) is 7.27.